The Kier molecular flexibility index (Phi) is 6.23. The number of hydrogen-bond donors (Lipinski definition) is 1. The number of carbonyl (C=O) groups is 1. The highest BCUT2D eigenvalue weighted by molar-refractivity contribution is 5.78. The van der Waals surface area contributed by atoms with E-state index in [4.69, 9.17) is 4.74 Å². The van der Waals surface area contributed by atoms with Gasteiger partial charge in [-0.1, -0.05) is 30.3 Å². The SMILES string of the molecule is COc1cc(CNC(=O)C2CCN(C(C)c3ccccc3)CC2)ccn1. The summed E-state index contributed by atoms with van der Waals surface area (Å²) in [5, 5.41) is 3.05. The molecule has 0 radical (unpaired) electrons. The van der Waals surface area contributed by atoms with Crippen molar-refractivity contribution in [2.45, 2.75) is 32.4 Å². The lowest BCUT2D eigenvalue weighted by atomic mass is 9.94. The van der Waals surface area contributed by atoms with Gasteiger partial charge in [0, 0.05) is 30.8 Å². The third kappa shape index (κ3) is 4.61. The highest BCUT2D eigenvalue weighted by atomic mass is 16.5. The van der Waals surface area contributed by atoms with E-state index in [-0.39, 0.29) is 11.8 Å². The molecule has 0 aliphatic carbocycles. The minimum Gasteiger partial charge on any atom is -0.481 e. The average molecular weight is 353 g/mol. The first-order chi connectivity index (χ1) is 12.7. The normalized spacial score (nSPS) is 16.8. The molecule has 1 fully saturated rings. The van der Waals surface area contributed by atoms with Gasteiger partial charge in [0.05, 0.1) is 7.11 Å². The number of nitrogens with zero attached hydrogens (tertiary/aromatic N) is 2. The first-order valence-corrected chi connectivity index (χ1v) is 9.23. The number of aromatic nitrogens is 1. The van der Waals surface area contributed by atoms with Crippen LogP contribution in [0.1, 0.15) is 36.9 Å². The van der Waals surface area contributed by atoms with Crippen LogP contribution in [0, 0.1) is 5.92 Å². The van der Waals surface area contributed by atoms with Gasteiger partial charge in [-0.2, -0.15) is 0 Å². The van der Waals surface area contributed by atoms with Crippen LogP contribution in [0.2, 0.25) is 0 Å². The van der Waals surface area contributed by atoms with Crippen molar-refractivity contribution in [2.24, 2.45) is 5.92 Å². The maximum Gasteiger partial charge on any atom is 0.223 e. The van der Waals surface area contributed by atoms with Crippen LogP contribution in [0.15, 0.2) is 48.7 Å². The van der Waals surface area contributed by atoms with E-state index in [0.29, 0.717) is 18.5 Å². The largest absolute Gasteiger partial charge is 0.481 e. The number of hydrogen-bond acceptors (Lipinski definition) is 4. The summed E-state index contributed by atoms with van der Waals surface area (Å²) in [6, 6.07) is 14.7. The van der Waals surface area contributed by atoms with E-state index in [1.165, 1.54) is 5.56 Å². The molecule has 1 N–H and O–H groups in total. The van der Waals surface area contributed by atoms with Crippen molar-refractivity contribution >= 4 is 5.91 Å². The predicted octanol–water partition coefficient (Wildman–Crippen LogP) is 3.18. The zero-order chi connectivity index (χ0) is 18.4. The van der Waals surface area contributed by atoms with Gasteiger partial charge in [-0.3, -0.25) is 9.69 Å². The Morgan fingerprint density at radius 3 is 2.69 bits per heavy atom. The second-order valence-electron chi connectivity index (χ2n) is 6.82. The molecule has 0 spiro atoms. The number of piperidine rings is 1. The topological polar surface area (TPSA) is 54.5 Å². The predicted molar refractivity (Wildman–Crippen MR) is 102 cm³/mol. The number of likely N-dealkylation sites (tertiary alicyclic amines) is 1. The second kappa shape index (κ2) is 8.81. The molecule has 1 amide bonds. The number of carbonyl (C=O) groups excluding carboxylic acids is 1. The summed E-state index contributed by atoms with van der Waals surface area (Å²) < 4.78 is 5.12. The quantitative estimate of drug-likeness (QED) is 0.867. The van der Waals surface area contributed by atoms with E-state index in [0.717, 1.165) is 31.5 Å². The maximum absolute atomic E-state index is 12.5. The summed E-state index contributed by atoms with van der Waals surface area (Å²) in [6.07, 6.45) is 3.51. The van der Waals surface area contributed by atoms with Crippen LogP contribution in [0.4, 0.5) is 0 Å². The number of pyridine rings is 1. The lowest BCUT2D eigenvalue weighted by Gasteiger charge is -2.35. The first-order valence-electron chi connectivity index (χ1n) is 9.23. The second-order valence-corrected chi connectivity index (χ2v) is 6.82. The summed E-state index contributed by atoms with van der Waals surface area (Å²) in [5.74, 6) is 0.811. The van der Waals surface area contributed by atoms with Gasteiger partial charge >= 0.3 is 0 Å². The van der Waals surface area contributed by atoms with Gasteiger partial charge in [0.15, 0.2) is 0 Å². The lowest BCUT2D eigenvalue weighted by molar-refractivity contribution is -0.126. The molecule has 5 nitrogen and oxygen atoms in total. The van der Waals surface area contributed by atoms with Crippen molar-refractivity contribution in [3.8, 4) is 5.88 Å². The van der Waals surface area contributed by atoms with Gasteiger partial charge in [0.25, 0.3) is 0 Å². The maximum atomic E-state index is 12.5. The molecule has 1 aliphatic heterocycles. The molecule has 0 bridgehead atoms. The molecule has 5 heteroatoms. The van der Waals surface area contributed by atoms with Gasteiger partial charge in [0.1, 0.15) is 0 Å². The molecule has 1 unspecified atom stereocenters. The number of ether oxygens (including phenoxy) is 1. The third-order valence-corrected chi connectivity index (χ3v) is 5.21. The van der Waals surface area contributed by atoms with Crippen molar-refractivity contribution in [3.63, 3.8) is 0 Å². The number of rotatable bonds is 6. The molecule has 1 aromatic carbocycles. The van der Waals surface area contributed by atoms with E-state index in [9.17, 15) is 4.79 Å². The highest BCUT2D eigenvalue weighted by Gasteiger charge is 2.27. The van der Waals surface area contributed by atoms with Crippen LogP contribution in [0.3, 0.4) is 0 Å². The molecule has 138 valence electrons. The van der Waals surface area contributed by atoms with Gasteiger partial charge < -0.3 is 10.1 Å². The molecule has 2 heterocycles. The van der Waals surface area contributed by atoms with Crippen LogP contribution in [0.25, 0.3) is 0 Å². The van der Waals surface area contributed by atoms with Crippen LogP contribution >= 0.6 is 0 Å². The van der Waals surface area contributed by atoms with Crippen LogP contribution in [0.5, 0.6) is 5.88 Å². The fourth-order valence-electron chi connectivity index (χ4n) is 3.50. The van der Waals surface area contributed by atoms with Crippen molar-refractivity contribution in [3.05, 3.63) is 59.8 Å². The molecule has 0 saturated carbocycles. The Morgan fingerprint density at radius 2 is 2.00 bits per heavy atom. The Balaban J connectivity index is 1.47. The highest BCUT2D eigenvalue weighted by Crippen LogP contribution is 2.26. The molecule has 1 aliphatic rings. The smallest absolute Gasteiger partial charge is 0.223 e. The van der Waals surface area contributed by atoms with Gasteiger partial charge in [0.2, 0.25) is 11.8 Å². The molecular formula is C21H27N3O2. The van der Waals surface area contributed by atoms with E-state index in [1.54, 1.807) is 13.3 Å². The molecule has 3 rings (SSSR count). The summed E-state index contributed by atoms with van der Waals surface area (Å²) in [7, 11) is 1.59. The minimum absolute atomic E-state index is 0.0953. The number of amides is 1. The minimum atomic E-state index is 0.0953. The Morgan fingerprint density at radius 1 is 1.27 bits per heavy atom. The van der Waals surface area contributed by atoms with Gasteiger partial charge in [-0.25, -0.2) is 4.98 Å². The molecule has 2 aromatic rings. The molecule has 26 heavy (non-hydrogen) atoms. The lowest BCUT2D eigenvalue weighted by Crippen LogP contribution is -2.41. The Bertz CT molecular complexity index is 712. The van der Waals surface area contributed by atoms with Crippen molar-refractivity contribution in [1.29, 1.82) is 0 Å². The first kappa shape index (κ1) is 18.4. The molecule has 1 atom stereocenters. The van der Waals surface area contributed by atoms with E-state index in [1.807, 2.05) is 18.2 Å². The Labute approximate surface area is 155 Å². The number of methoxy groups -OCH3 is 1. The zero-order valence-corrected chi connectivity index (χ0v) is 15.5. The Hall–Kier alpha value is -2.40. The zero-order valence-electron chi connectivity index (χ0n) is 15.5. The molecular weight excluding hydrogens is 326 g/mol. The van der Waals surface area contributed by atoms with Crippen LogP contribution in [-0.4, -0.2) is 36.0 Å². The summed E-state index contributed by atoms with van der Waals surface area (Å²) in [5.41, 5.74) is 2.34. The summed E-state index contributed by atoms with van der Waals surface area (Å²) in [4.78, 5) is 19.0. The van der Waals surface area contributed by atoms with Gasteiger partial charge in [-0.15, -0.1) is 0 Å². The van der Waals surface area contributed by atoms with E-state index >= 15 is 0 Å². The van der Waals surface area contributed by atoms with Crippen LogP contribution in [-0.2, 0) is 11.3 Å². The van der Waals surface area contributed by atoms with Crippen LogP contribution < -0.4 is 10.1 Å². The number of benzene rings is 1. The average Bonchev–Trinajstić information content (AvgIpc) is 2.72. The molecule has 1 aromatic heterocycles. The third-order valence-electron chi connectivity index (χ3n) is 5.21. The summed E-state index contributed by atoms with van der Waals surface area (Å²) in [6.45, 7) is 4.67. The number of nitrogens with one attached hydrogen (secondary N) is 1. The van der Waals surface area contributed by atoms with E-state index < -0.39 is 0 Å². The summed E-state index contributed by atoms with van der Waals surface area (Å²) >= 11 is 0. The molecule has 1 saturated heterocycles. The van der Waals surface area contributed by atoms with Gasteiger partial charge in [-0.05, 0) is 50.0 Å². The fourth-order valence-corrected chi connectivity index (χ4v) is 3.50. The van der Waals surface area contributed by atoms with Crippen molar-refractivity contribution in [1.82, 2.24) is 15.2 Å². The monoisotopic (exact) mass is 353 g/mol. The van der Waals surface area contributed by atoms with Crippen molar-refractivity contribution in [2.75, 3.05) is 20.2 Å². The van der Waals surface area contributed by atoms with Crippen molar-refractivity contribution < 1.29 is 9.53 Å². The van der Waals surface area contributed by atoms with E-state index in [2.05, 4.69) is 46.4 Å². The fraction of sp³-hybridized carbons (Fsp3) is 0.429. The standard InChI is InChI=1S/C21H27N3O2/c1-16(18-6-4-3-5-7-18)24-12-9-19(10-13-24)21(25)23-15-17-8-11-22-20(14-17)26-2/h3-8,11,14,16,19H,9-10,12-13,15H2,1-2H3,(H,23,25).